The van der Waals surface area contributed by atoms with E-state index in [0.29, 0.717) is 0 Å². The maximum absolute atomic E-state index is 10.5. The Bertz CT molecular complexity index is 415. The minimum atomic E-state index is -1.43. The lowest BCUT2D eigenvalue weighted by Crippen LogP contribution is -2.05. The third-order valence-corrected chi connectivity index (χ3v) is 1.46. The molecular formula is C7H4N2O5. The quantitative estimate of drug-likeness (QED) is 0.428. The van der Waals surface area contributed by atoms with E-state index in [1.807, 2.05) is 0 Å². The van der Waals surface area contributed by atoms with Crippen molar-refractivity contribution >= 4 is 17.9 Å². The molecule has 7 nitrogen and oxygen atoms in total. The van der Waals surface area contributed by atoms with Crippen LogP contribution in [-0.2, 0) is 0 Å². The van der Waals surface area contributed by atoms with Gasteiger partial charge in [0.2, 0.25) is 0 Å². The molecule has 7 heteroatoms. The van der Waals surface area contributed by atoms with Gasteiger partial charge in [-0.05, 0) is 0 Å². The minimum absolute atomic E-state index is 0.229. The first-order chi connectivity index (χ1) is 6.56. The predicted octanol–water partition coefficient (Wildman–Crippen LogP) is 0.500. The van der Waals surface area contributed by atoms with Gasteiger partial charge in [-0.15, -0.1) is 0 Å². The van der Waals surface area contributed by atoms with Crippen molar-refractivity contribution in [3.05, 3.63) is 33.6 Å². The molecule has 0 fully saturated rings. The summed E-state index contributed by atoms with van der Waals surface area (Å²) in [6.07, 6.45) is 1.06. The van der Waals surface area contributed by atoms with Crippen molar-refractivity contribution in [3.63, 3.8) is 0 Å². The van der Waals surface area contributed by atoms with Crippen molar-refractivity contribution in [2.75, 3.05) is 0 Å². The van der Waals surface area contributed by atoms with Gasteiger partial charge in [-0.1, -0.05) is 0 Å². The van der Waals surface area contributed by atoms with Gasteiger partial charge in [0.25, 0.3) is 5.69 Å². The third-order valence-electron chi connectivity index (χ3n) is 1.46. The number of carboxylic acid groups (broad SMARTS) is 1. The number of carboxylic acids is 1. The number of pyridine rings is 1. The van der Waals surface area contributed by atoms with Crippen molar-refractivity contribution in [1.29, 1.82) is 0 Å². The van der Waals surface area contributed by atoms with Crippen molar-refractivity contribution in [2.45, 2.75) is 0 Å². The Morgan fingerprint density at radius 2 is 2.29 bits per heavy atom. The molecule has 0 radical (unpaired) electrons. The molecular weight excluding hydrogens is 192 g/mol. The first kappa shape index (κ1) is 9.78. The maximum Gasteiger partial charge on any atom is 0.338 e. The van der Waals surface area contributed by atoms with E-state index in [1.165, 1.54) is 0 Å². The zero-order valence-electron chi connectivity index (χ0n) is 6.71. The van der Waals surface area contributed by atoms with Gasteiger partial charge in [-0.3, -0.25) is 14.9 Å². The molecule has 72 valence electrons. The van der Waals surface area contributed by atoms with E-state index in [1.54, 1.807) is 0 Å². The van der Waals surface area contributed by atoms with E-state index in [2.05, 4.69) is 4.98 Å². The van der Waals surface area contributed by atoms with Crippen LogP contribution in [0.4, 0.5) is 5.69 Å². The van der Waals surface area contributed by atoms with E-state index in [-0.39, 0.29) is 12.0 Å². The third kappa shape index (κ3) is 1.71. The highest BCUT2D eigenvalue weighted by molar-refractivity contribution is 5.96. The number of nitrogens with zero attached hydrogens (tertiary/aromatic N) is 2. The van der Waals surface area contributed by atoms with Crippen LogP contribution in [-0.4, -0.2) is 27.3 Å². The standard InChI is InChI=1S/C7H4N2O5/c10-3-6-5(7(11)12)1-4(2-8-6)9(13)14/h1-3H,(H,11,12). The largest absolute Gasteiger partial charge is 0.478 e. The minimum Gasteiger partial charge on any atom is -0.478 e. The van der Waals surface area contributed by atoms with Gasteiger partial charge in [-0.2, -0.15) is 0 Å². The normalized spacial score (nSPS) is 9.43. The van der Waals surface area contributed by atoms with Crippen LogP contribution in [0.15, 0.2) is 12.3 Å². The molecule has 1 aromatic rings. The number of rotatable bonds is 3. The van der Waals surface area contributed by atoms with E-state index in [9.17, 15) is 19.7 Å². The smallest absolute Gasteiger partial charge is 0.338 e. The summed E-state index contributed by atoms with van der Waals surface area (Å²) in [4.78, 5) is 33.7. The fraction of sp³-hybridized carbons (Fsp3) is 0. The molecule has 0 aliphatic rings. The molecule has 1 rings (SSSR count). The average Bonchev–Trinajstić information content (AvgIpc) is 2.16. The van der Waals surface area contributed by atoms with Crippen LogP contribution < -0.4 is 0 Å². The molecule has 1 heterocycles. The lowest BCUT2D eigenvalue weighted by molar-refractivity contribution is -0.385. The van der Waals surface area contributed by atoms with Gasteiger partial charge in [0.15, 0.2) is 6.29 Å². The summed E-state index contributed by atoms with van der Waals surface area (Å²) in [5.74, 6) is -1.43. The summed E-state index contributed by atoms with van der Waals surface area (Å²) in [5.41, 5.74) is -1.27. The monoisotopic (exact) mass is 196 g/mol. The Kier molecular flexibility index (Phi) is 2.52. The Morgan fingerprint density at radius 3 is 2.71 bits per heavy atom. The summed E-state index contributed by atoms with van der Waals surface area (Å²) in [6.45, 7) is 0. The van der Waals surface area contributed by atoms with E-state index in [4.69, 9.17) is 5.11 Å². The zero-order chi connectivity index (χ0) is 10.7. The summed E-state index contributed by atoms with van der Waals surface area (Å²) < 4.78 is 0. The first-order valence-corrected chi connectivity index (χ1v) is 3.39. The summed E-state index contributed by atoms with van der Waals surface area (Å²) in [6, 6.07) is 0.791. The fourth-order valence-electron chi connectivity index (χ4n) is 0.829. The maximum atomic E-state index is 10.5. The second-order valence-electron chi connectivity index (χ2n) is 2.31. The molecule has 0 aromatic carbocycles. The highest BCUT2D eigenvalue weighted by Gasteiger charge is 2.16. The zero-order valence-corrected chi connectivity index (χ0v) is 6.71. The lowest BCUT2D eigenvalue weighted by Gasteiger charge is -1.97. The van der Waals surface area contributed by atoms with Crippen LogP contribution in [0.1, 0.15) is 20.8 Å². The summed E-state index contributed by atoms with van der Waals surface area (Å²) >= 11 is 0. The molecule has 0 bridgehead atoms. The molecule has 0 saturated carbocycles. The number of aromatic carboxylic acids is 1. The SMILES string of the molecule is O=Cc1ncc([N+](=O)[O-])cc1C(=O)O. The molecule has 14 heavy (non-hydrogen) atoms. The van der Waals surface area contributed by atoms with E-state index >= 15 is 0 Å². The van der Waals surface area contributed by atoms with Crippen LogP contribution >= 0.6 is 0 Å². The Balaban J connectivity index is 3.34. The number of carbonyl (C=O) groups excluding carboxylic acids is 1. The number of hydrogen-bond acceptors (Lipinski definition) is 5. The topological polar surface area (TPSA) is 110 Å². The molecule has 0 amide bonds. The second kappa shape index (κ2) is 3.60. The molecule has 0 aliphatic carbocycles. The second-order valence-corrected chi connectivity index (χ2v) is 2.31. The number of hydrogen-bond donors (Lipinski definition) is 1. The first-order valence-electron chi connectivity index (χ1n) is 3.39. The van der Waals surface area contributed by atoms with Crippen molar-refractivity contribution in [2.24, 2.45) is 0 Å². The van der Waals surface area contributed by atoms with Crippen molar-refractivity contribution < 1.29 is 19.6 Å². The van der Waals surface area contributed by atoms with Gasteiger partial charge >= 0.3 is 5.97 Å². The predicted molar refractivity (Wildman–Crippen MR) is 43.2 cm³/mol. The Labute approximate surface area is 77.2 Å². The molecule has 0 saturated heterocycles. The molecule has 0 atom stereocenters. The van der Waals surface area contributed by atoms with Gasteiger partial charge in [0.05, 0.1) is 10.5 Å². The summed E-state index contributed by atoms with van der Waals surface area (Å²) in [7, 11) is 0. The highest BCUT2D eigenvalue weighted by atomic mass is 16.6. The number of aromatic nitrogens is 1. The van der Waals surface area contributed by atoms with Crippen LogP contribution in [0.25, 0.3) is 0 Å². The molecule has 1 aromatic heterocycles. The number of aldehydes is 1. The van der Waals surface area contributed by atoms with Gasteiger partial charge in [0, 0.05) is 6.07 Å². The van der Waals surface area contributed by atoms with E-state index < -0.39 is 22.1 Å². The van der Waals surface area contributed by atoms with Crippen LogP contribution in [0.2, 0.25) is 0 Å². The van der Waals surface area contributed by atoms with Crippen LogP contribution in [0.3, 0.4) is 0 Å². The molecule has 0 unspecified atom stereocenters. The number of carbonyl (C=O) groups is 2. The fourth-order valence-corrected chi connectivity index (χ4v) is 0.829. The Hall–Kier alpha value is -2.31. The molecule has 1 N–H and O–H groups in total. The van der Waals surface area contributed by atoms with Crippen molar-refractivity contribution in [3.8, 4) is 0 Å². The van der Waals surface area contributed by atoms with Gasteiger partial charge in [-0.25, -0.2) is 9.78 Å². The molecule has 0 aliphatic heterocycles. The lowest BCUT2D eigenvalue weighted by atomic mass is 10.2. The Morgan fingerprint density at radius 1 is 1.64 bits per heavy atom. The van der Waals surface area contributed by atoms with E-state index in [0.717, 1.165) is 12.3 Å². The molecule has 0 spiro atoms. The van der Waals surface area contributed by atoms with Crippen LogP contribution in [0, 0.1) is 10.1 Å². The highest BCUT2D eigenvalue weighted by Crippen LogP contribution is 2.13. The van der Waals surface area contributed by atoms with Gasteiger partial charge < -0.3 is 5.11 Å². The summed E-state index contributed by atoms with van der Waals surface area (Å²) in [5, 5.41) is 18.8. The average molecular weight is 196 g/mol. The number of nitro groups is 1. The van der Waals surface area contributed by atoms with Crippen LogP contribution in [0.5, 0.6) is 0 Å². The van der Waals surface area contributed by atoms with Crippen molar-refractivity contribution in [1.82, 2.24) is 4.98 Å². The van der Waals surface area contributed by atoms with Gasteiger partial charge in [0.1, 0.15) is 11.9 Å².